The van der Waals surface area contributed by atoms with Crippen LogP contribution in [0.3, 0.4) is 0 Å². The summed E-state index contributed by atoms with van der Waals surface area (Å²) in [6.45, 7) is 0. The minimum atomic E-state index is -0.320. The molecular formula is C13H9Cl2FS. The fraction of sp³-hybridized carbons (Fsp3) is 0.0769. The Morgan fingerprint density at radius 2 is 1.82 bits per heavy atom. The van der Waals surface area contributed by atoms with Gasteiger partial charge in [-0.05, 0) is 29.8 Å². The van der Waals surface area contributed by atoms with Crippen LogP contribution in [0.1, 0.15) is 5.56 Å². The normalized spacial score (nSPS) is 10.5. The summed E-state index contributed by atoms with van der Waals surface area (Å²) in [5.74, 6) is 0.374. The van der Waals surface area contributed by atoms with E-state index in [9.17, 15) is 4.39 Å². The molecule has 2 aromatic rings. The first-order chi connectivity index (χ1) is 8.15. The summed E-state index contributed by atoms with van der Waals surface area (Å²) in [7, 11) is 0. The van der Waals surface area contributed by atoms with E-state index in [1.54, 1.807) is 6.07 Å². The molecule has 0 fully saturated rings. The number of hydrogen-bond donors (Lipinski definition) is 0. The van der Waals surface area contributed by atoms with Crippen molar-refractivity contribution in [2.45, 2.75) is 10.6 Å². The molecule has 0 atom stereocenters. The van der Waals surface area contributed by atoms with Gasteiger partial charge in [0.1, 0.15) is 5.82 Å². The van der Waals surface area contributed by atoms with Gasteiger partial charge in [0.05, 0.1) is 0 Å². The van der Waals surface area contributed by atoms with Crippen LogP contribution < -0.4 is 0 Å². The predicted molar refractivity (Wildman–Crippen MR) is 72.4 cm³/mol. The van der Waals surface area contributed by atoms with Crippen LogP contribution in [0.5, 0.6) is 0 Å². The van der Waals surface area contributed by atoms with Gasteiger partial charge in [-0.2, -0.15) is 0 Å². The van der Waals surface area contributed by atoms with Crippen LogP contribution in [0.2, 0.25) is 10.0 Å². The van der Waals surface area contributed by atoms with Gasteiger partial charge in [-0.25, -0.2) is 4.39 Å². The van der Waals surface area contributed by atoms with Crippen molar-refractivity contribution in [2.24, 2.45) is 0 Å². The number of benzene rings is 2. The summed E-state index contributed by atoms with van der Waals surface area (Å²) in [5.41, 5.74) is 1.03. The van der Waals surface area contributed by atoms with Crippen LogP contribution in [0, 0.1) is 5.82 Å². The smallest absolute Gasteiger partial charge is 0.125 e. The predicted octanol–water partition coefficient (Wildman–Crippen LogP) is 5.42. The van der Waals surface area contributed by atoms with E-state index in [1.165, 1.54) is 23.9 Å². The molecule has 0 aliphatic heterocycles. The van der Waals surface area contributed by atoms with Gasteiger partial charge in [0, 0.05) is 20.7 Å². The SMILES string of the molecule is Fc1cc(Cl)cc(SCc2ccccc2Cl)c1. The molecule has 0 radical (unpaired) electrons. The highest BCUT2D eigenvalue weighted by atomic mass is 35.5. The van der Waals surface area contributed by atoms with Crippen LogP contribution in [0.25, 0.3) is 0 Å². The molecule has 0 unspecified atom stereocenters. The lowest BCUT2D eigenvalue weighted by molar-refractivity contribution is 0.624. The van der Waals surface area contributed by atoms with Gasteiger partial charge >= 0.3 is 0 Å². The number of halogens is 3. The Bertz CT molecular complexity index is 508. The summed E-state index contributed by atoms with van der Waals surface area (Å²) >= 11 is 13.3. The van der Waals surface area contributed by atoms with E-state index in [1.807, 2.05) is 24.3 Å². The molecule has 0 N–H and O–H groups in total. The molecule has 88 valence electrons. The molecule has 0 aromatic heterocycles. The Balaban J connectivity index is 2.10. The molecule has 0 saturated heterocycles. The Labute approximate surface area is 114 Å². The fourth-order valence-corrected chi connectivity index (χ4v) is 2.94. The van der Waals surface area contributed by atoms with Crippen molar-refractivity contribution >= 4 is 35.0 Å². The third kappa shape index (κ3) is 3.63. The second-order valence-electron chi connectivity index (χ2n) is 3.49. The van der Waals surface area contributed by atoms with Crippen LogP contribution in [-0.4, -0.2) is 0 Å². The lowest BCUT2D eigenvalue weighted by Crippen LogP contribution is -1.83. The Kier molecular flexibility index (Phi) is 4.32. The molecule has 2 rings (SSSR count). The van der Waals surface area contributed by atoms with Gasteiger partial charge in [0.25, 0.3) is 0 Å². The summed E-state index contributed by atoms with van der Waals surface area (Å²) in [5, 5.41) is 1.13. The van der Waals surface area contributed by atoms with Crippen molar-refractivity contribution in [3.63, 3.8) is 0 Å². The fourth-order valence-electron chi connectivity index (χ4n) is 1.39. The Hall–Kier alpha value is -0.700. The molecule has 4 heteroatoms. The average Bonchev–Trinajstić information content (AvgIpc) is 2.27. The molecule has 0 spiro atoms. The van der Waals surface area contributed by atoms with E-state index in [0.717, 1.165) is 15.5 Å². The molecule has 2 aromatic carbocycles. The van der Waals surface area contributed by atoms with Crippen molar-refractivity contribution in [3.05, 3.63) is 63.9 Å². The van der Waals surface area contributed by atoms with Gasteiger partial charge in [-0.3, -0.25) is 0 Å². The van der Waals surface area contributed by atoms with Gasteiger partial charge < -0.3 is 0 Å². The molecule has 17 heavy (non-hydrogen) atoms. The van der Waals surface area contributed by atoms with Gasteiger partial charge in [0.2, 0.25) is 0 Å². The Morgan fingerprint density at radius 1 is 1.06 bits per heavy atom. The summed E-state index contributed by atoms with van der Waals surface area (Å²) in [6.07, 6.45) is 0. The van der Waals surface area contributed by atoms with E-state index in [4.69, 9.17) is 23.2 Å². The van der Waals surface area contributed by atoms with Crippen LogP contribution in [0.15, 0.2) is 47.4 Å². The third-order valence-electron chi connectivity index (χ3n) is 2.19. The highest BCUT2D eigenvalue weighted by molar-refractivity contribution is 7.98. The lowest BCUT2D eigenvalue weighted by Gasteiger charge is -2.04. The van der Waals surface area contributed by atoms with Crippen LogP contribution in [-0.2, 0) is 5.75 Å². The first-order valence-corrected chi connectivity index (χ1v) is 6.71. The quantitative estimate of drug-likeness (QED) is 0.679. The molecule has 0 aliphatic rings. The Morgan fingerprint density at radius 3 is 2.53 bits per heavy atom. The van der Waals surface area contributed by atoms with Crippen LogP contribution >= 0.6 is 35.0 Å². The summed E-state index contributed by atoms with van der Waals surface area (Å²) in [4.78, 5) is 0.801. The second-order valence-corrected chi connectivity index (χ2v) is 5.38. The lowest BCUT2D eigenvalue weighted by atomic mass is 10.2. The molecular weight excluding hydrogens is 278 g/mol. The van der Waals surface area contributed by atoms with Gasteiger partial charge in [-0.1, -0.05) is 41.4 Å². The second kappa shape index (κ2) is 5.76. The molecule has 0 amide bonds. The average molecular weight is 287 g/mol. The molecule has 0 aliphatic carbocycles. The maximum absolute atomic E-state index is 13.1. The maximum Gasteiger partial charge on any atom is 0.125 e. The van der Waals surface area contributed by atoms with E-state index in [0.29, 0.717) is 10.8 Å². The van der Waals surface area contributed by atoms with Gasteiger partial charge in [-0.15, -0.1) is 11.8 Å². The zero-order valence-corrected chi connectivity index (χ0v) is 11.1. The monoisotopic (exact) mass is 286 g/mol. The minimum Gasteiger partial charge on any atom is -0.207 e. The third-order valence-corrected chi connectivity index (χ3v) is 3.80. The van der Waals surface area contributed by atoms with Crippen molar-refractivity contribution in [2.75, 3.05) is 0 Å². The molecule has 0 bridgehead atoms. The molecule has 0 nitrogen and oxygen atoms in total. The molecule has 0 saturated carbocycles. The van der Waals surface area contributed by atoms with E-state index < -0.39 is 0 Å². The standard InChI is InChI=1S/C13H9Cl2FS/c14-10-5-11(16)7-12(6-10)17-8-9-3-1-2-4-13(9)15/h1-7H,8H2. The zero-order valence-electron chi connectivity index (χ0n) is 8.79. The number of thioether (sulfide) groups is 1. The van der Waals surface area contributed by atoms with Crippen LogP contribution in [0.4, 0.5) is 4.39 Å². The van der Waals surface area contributed by atoms with E-state index in [2.05, 4.69) is 0 Å². The van der Waals surface area contributed by atoms with Crippen molar-refractivity contribution < 1.29 is 4.39 Å². The topological polar surface area (TPSA) is 0 Å². The van der Waals surface area contributed by atoms with E-state index in [-0.39, 0.29) is 5.82 Å². The largest absolute Gasteiger partial charge is 0.207 e. The van der Waals surface area contributed by atoms with Crippen molar-refractivity contribution in [1.29, 1.82) is 0 Å². The highest BCUT2D eigenvalue weighted by Crippen LogP contribution is 2.28. The number of hydrogen-bond acceptors (Lipinski definition) is 1. The molecule has 0 heterocycles. The van der Waals surface area contributed by atoms with E-state index >= 15 is 0 Å². The first kappa shape index (κ1) is 12.7. The first-order valence-electron chi connectivity index (χ1n) is 4.97. The summed E-state index contributed by atoms with van der Waals surface area (Å²) in [6, 6.07) is 12.1. The van der Waals surface area contributed by atoms with Crippen molar-refractivity contribution in [1.82, 2.24) is 0 Å². The summed E-state index contributed by atoms with van der Waals surface area (Å²) < 4.78 is 13.1. The minimum absolute atomic E-state index is 0.320. The highest BCUT2D eigenvalue weighted by Gasteiger charge is 2.03. The number of rotatable bonds is 3. The maximum atomic E-state index is 13.1. The van der Waals surface area contributed by atoms with Gasteiger partial charge in [0.15, 0.2) is 0 Å². The zero-order chi connectivity index (χ0) is 12.3. The van der Waals surface area contributed by atoms with Crippen molar-refractivity contribution in [3.8, 4) is 0 Å².